The van der Waals surface area contributed by atoms with Crippen molar-refractivity contribution in [2.45, 2.75) is 50.5 Å². The summed E-state index contributed by atoms with van der Waals surface area (Å²) in [6.07, 6.45) is 7.42. The van der Waals surface area contributed by atoms with E-state index in [2.05, 4.69) is 10.1 Å². The van der Waals surface area contributed by atoms with Crippen molar-refractivity contribution in [2.24, 2.45) is 11.7 Å². The van der Waals surface area contributed by atoms with Crippen LogP contribution in [0.4, 0.5) is 0 Å². The molecule has 1 aliphatic carbocycles. The molecule has 1 saturated carbocycles. The van der Waals surface area contributed by atoms with E-state index in [4.69, 9.17) is 15.0 Å². The Morgan fingerprint density at radius 1 is 1.26 bits per heavy atom. The summed E-state index contributed by atoms with van der Waals surface area (Å²) in [7, 11) is 0. The van der Waals surface area contributed by atoms with Crippen LogP contribution in [0.1, 0.15) is 50.2 Å². The molecule has 0 amide bonds. The summed E-state index contributed by atoms with van der Waals surface area (Å²) in [6.45, 7) is 1.79. The second-order valence-corrected chi connectivity index (χ2v) is 5.62. The van der Waals surface area contributed by atoms with Crippen LogP contribution < -0.4 is 5.73 Å². The highest BCUT2D eigenvalue weighted by Gasteiger charge is 2.38. The first-order valence-electron chi connectivity index (χ1n) is 6.96. The number of nitrogens with two attached hydrogens (primary N) is 1. The van der Waals surface area contributed by atoms with E-state index >= 15 is 0 Å². The zero-order valence-electron chi connectivity index (χ0n) is 11.1. The van der Waals surface area contributed by atoms with Gasteiger partial charge in [-0.05, 0) is 44.4 Å². The minimum atomic E-state index is -0.305. The average molecular weight is 288 g/mol. The van der Waals surface area contributed by atoms with E-state index in [-0.39, 0.29) is 17.9 Å². The van der Waals surface area contributed by atoms with Gasteiger partial charge in [0.2, 0.25) is 5.89 Å². The van der Waals surface area contributed by atoms with Crippen LogP contribution in [0.15, 0.2) is 4.52 Å². The monoisotopic (exact) mass is 287 g/mol. The molecule has 19 heavy (non-hydrogen) atoms. The fourth-order valence-electron chi connectivity index (χ4n) is 2.70. The summed E-state index contributed by atoms with van der Waals surface area (Å²) in [5.74, 6) is 2.19. The maximum atomic E-state index is 6.17. The summed E-state index contributed by atoms with van der Waals surface area (Å²) < 4.78 is 10.7. The molecule has 2 heterocycles. The molecule has 1 aromatic rings. The highest BCUT2D eigenvalue weighted by atomic mass is 35.5. The minimum Gasteiger partial charge on any atom is -0.381 e. The van der Waals surface area contributed by atoms with E-state index < -0.39 is 0 Å². The van der Waals surface area contributed by atoms with Crippen LogP contribution in [0.5, 0.6) is 0 Å². The third-order valence-corrected chi connectivity index (χ3v) is 4.27. The molecule has 1 saturated heterocycles. The Morgan fingerprint density at radius 3 is 2.63 bits per heavy atom. The van der Waals surface area contributed by atoms with Crippen LogP contribution in [0.2, 0.25) is 0 Å². The summed E-state index contributed by atoms with van der Waals surface area (Å²) in [5, 5.41) is 4.04. The van der Waals surface area contributed by atoms with Gasteiger partial charge in [-0.3, -0.25) is 0 Å². The van der Waals surface area contributed by atoms with Gasteiger partial charge in [-0.2, -0.15) is 4.98 Å². The van der Waals surface area contributed by atoms with E-state index in [1.165, 1.54) is 6.42 Å². The van der Waals surface area contributed by atoms with Crippen molar-refractivity contribution in [2.75, 3.05) is 13.2 Å². The van der Waals surface area contributed by atoms with Crippen molar-refractivity contribution < 1.29 is 9.26 Å². The zero-order valence-corrected chi connectivity index (χ0v) is 12.0. The Kier molecular flexibility index (Phi) is 4.81. The number of hydrogen-bond donors (Lipinski definition) is 1. The molecule has 0 spiro atoms. The Morgan fingerprint density at radius 2 is 2.00 bits per heavy atom. The van der Waals surface area contributed by atoms with E-state index in [1.807, 2.05) is 0 Å². The van der Waals surface area contributed by atoms with Gasteiger partial charge in [-0.1, -0.05) is 5.16 Å². The molecule has 0 unspecified atom stereocenters. The fraction of sp³-hybridized carbons (Fsp3) is 0.846. The highest BCUT2D eigenvalue weighted by molar-refractivity contribution is 5.85. The number of rotatable bonds is 4. The number of aromatic nitrogens is 2. The van der Waals surface area contributed by atoms with Crippen LogP contribution in [0.25, 0.3) is 0 Å². The summed E-state index contributed by atoms with van der Waals surface area (Å²) in [6, 6.07) is 0. The van der Waals surface area contributed by atoms with Crippen LogP contribution >= 0.6 is 12.4 Å². The van der Waals surface area contributed by atoms with E-state index in [9.17, 15) is 0 Å². The van der Waals surface area contributed by atoms with Crippen molar-refractivity contribution in [3.05, 3.63) is 11.7 Å². The SMILES string of the molecule is Cl.NC1(c2noc(CCC3CCOCC3)n2)CCC1. The molecule has 3 rings (SSSR count). The molecule has 6 heteroatoms. The van der Waals surface area contributed by atoms with Crippen LogP contribution in [-0.2, 0) is 16.7 Å². The molecule has 1 aromatic heterocycles. The molecule has 108 valence electrons. The largest absolute Gasteiger partial charge is 0.381 e. The van der Waals surface area contributed by atoms with Crippen molar-refractivity contribution in [3.8, 4) is 0 Å². The summed E-state index contributed by atoms with van der Waals surface area (Å²) >= 11 is 0. The van der Waals surface area contributed by atoms with Gasteiger partial charge in [0.1, 0.15) is 0 Å². The number of aryl methyl sites for hydroxylation is 1. The summed E-state index contributed by atoms with van der Waals surface area (Å²) in [5.41, 5.74) is 5.87. The van der Waals surface area contributed by atoms with Gasteiger partial charge in [-0.25, -0.2) is 0 Å². The topological polar surface area (TPSA) is 74.2 Å². The molecular weight excluding hydrogens is 266 g/mol. The van der Waals surface area contributed by atoms with E-state index in [0.29, 0.717) is 5.82 Å². The van der Waals surface area contributed by atoms with Crippen molar-refractivity contribution in [1.29, 1.82) is 0 Å². The molecule has 1 aliphatic heterocycles. The van der Waals surface area contributed by atoms with E-state index in [1.54, 1.807) is 0 Å². The normalized spacial score (nSPS) is 22.6. The average Bonchev–Trinajstić information content (AvgIpc) is 2.84. The first kappa shape index (κ1) is 14.8. The molecule has 0 radical (unpaired) electrons. The van der Waals surface area contributed by atoms with Gasteiger partial charge in [0.15, 0.2) is 5.82 Å². The lowest BCUT2D eigenvalue weighted by Crippen LogP contribution is -2.44. The van der Waals surface area contributed by atoms with Gasteiger partial charge in [0.05, 0.1) is 5.54 Å². The highest BCUT2D eigenvalue weighted by Crippen LogP contribution is 2.37. The van der Waals surface area contributed by atoms with Crippen molar-refractivity contribution in [1.82, 2.24) is 10.1 Å². The van der Waals surface area contributed by atoms with Gasteiger partial charge >= 0.3 is 0 Å². The zero-order chi connectivity index (χ0) is 12.4. The Hall–Kier alpha value is -0.650. The van der Waals surface area contributed by atoms with Crippen molar-refractivity contribution >= 4 is 12.4 Å². The minimum absolute atomic E-state index is 0. The van der Waals surface area contributed by atoms with Crippen LogP contribution in [-0.4, -0.2) is 23.4 Å². The fourth-order valence-corrected chi connectivity index (χ4v) is 2.70. The Balaban J connectivity index is 0.00000133. The lowest BCUT2D eigenvalue weighted by molar-refractivity contribution is 0.0634. The molecule has 2 aliphatic rings. The van der Waals surface area contributed by atoms with Gasteiger partial charge < -0.3 is 15.0 Å². The number of halogens is 1. The maximum Gasteiger partial charge on any atom is 0.226 e. The molecular formula is C13H22ClN3O2. The molecule has 0 atom stereocenters. The van der Waals surface area contributed by atoms with Crippen LogP contribution in [0, 0.1) is 5.92 Å². The van der Waals surface area contributed by atoms with Gasteiger partial charge in [0.25, 0.3) is 0 Å². The van der Waals surface area contributed by atoms with Gasteiger partial charge in [0, 0.05) is 19.6 Å². The number of hydrogen-bond acceptors (Lipinski definition) is 5. The Bertz CT molecular complexity index is 400. The first-order valence-corrected chi connectivity index (χ1v) is 6.96. The molecule has 2 N–H and O–H groups in total. The predicted octanol–water partition coefficient (Wildman–Crippen LogP) is 2.19. The smallest absolute Gasteiger partial charge is 0.226 e. The lowest BCUT2D eigenvalue weighted by atomic mass is 9.77. The Labute approximate surface area is 119 Å². The van der Waals surface area contributed by atoms with Crippen molar-refractivity contribution in [3.63, 3.8) is 0 Å². The maximum absolute atomic E-state index is 6.17. The summed E-state index contributed by atoms with van der Waals surface area (Å²) in [4.78, 5) is 4.45. The first-order chi connectivity index (χ1) is 8.76. The lowest BCUT2D eigenvalue weighted by Gasteiger charge is -2.34. The standard InChI is InChI=1S/C13H21N3O2.ClH/c14-13(6-1-7-13)12-15-11(18-16-12)3-2-10-4-8-17-9-5-10;/h10H,1-9,14H2;1H. The quantitative estimate of drug-likeness (QED) is 0.919. The predicted molar refractivity (Wildman–Crippen MR) is 73.1 cm³/mol. The number of nitrogens with zero attached hydrogens (tertiary/aromatic N) is 2. The second-order valence-electron chi connectivity index (χ2n) is 5.62. The van der Waals surface area contributed by atoms with E-state index in [0.717, 1.165) is 63.5 Å². The van der Waals surface area contributed by atoms with Gasteiger partial charge in [-0.15, -0.1) is 12.4 Å². The molecule has 2 fully saturated rings. The third kappa shape index (κ3) is 3.27. The molecule has 0 aromatic carbocycles. The molecule has 0 bridgehead atoms. The van der Waals surface area contributed by atoms with Crippen LogP contribution in [0.3, 0.4) is 0 Å². The number of ether oxygens (including phenoxy) is 1. The molecule has 5 nitrogen and oxygen atoms in total. The third-order valence-electron chi connectivity index (χ3n) is 4.27. The second kappa shape index (κ2) is 6.20.